The van der Waals surface area contributed by atoms with Crippen molar-refractivity contribution in [2.45, 2.75) is 19.3 Å². The second-order valence-corrected chi connectivity index (χ2v) is 11.4. The van der Waals surface area contributed by atoms with Crippen molar-refractivity contribution >= 4 is 34.0 Å². The van der Waals surface area contributed by atoms with Gasteiger partial charge in [-0.3, -0.25) is 0 Å². The monoisotopic (exact) mass is 517 g/mol. The number of rotatable bonds is 2. The predicted octanol–water partition coefficient (Wildman–Crippen LogP) is 9.71. The summed E-state index contributed by atoms with van der Waals surface area (Å²) in [4.78, 5) is 8.47. The van der Waals surface area contributed by atoms with Gasteiger partial charge in [-0.15, -0.1) is 11.3 Å². The topological polar surface area (TPSA) is 31.4 Å². The maximum atomic E-state index is 9.68. The van der Waals surface area contributed by atoms with Crippen molar-refractivity contribution in [2.24, 2.45) is 0 Å². The minimum absolute atomic E-state index is 0.138. The summed E-state index contributed by atoms with van der Waals surface area (Å²) >= 11 is 1.85. The van der Waals surface area contributed by atoms with E-state index in [1.165, 1.54) is 26.7 Å². The highest BCUT2D eigenvalue weighted by Crippen LogP contribution is 2.56. The van der Waals surface area contributed by atoms with Gasteiger partial charge in [0.15, 0.2) is 0 Å². The molecule has 4 aromatic carbocycles. The van der Waals surface area contributed by atoms with Gasteiger partial charge in [-0.1, -0.05) is 86.6 Å². The standard InChI is InChI=1S/C35H23N3S/c1-35(2)28-15-9-10-16-30(28)38(23-11-5-4-6-12-23)31-20-32(39-34(31)35)22-17-18-26-27(19-22)24-13-7-8-14-25(24)33(26)29(21-36)37-3/h4-20H,1-2H3/b33-29-. The molecule has 2 heterocycles. The van der Waals surface area contributed by atoms with Crippen LogP contribution in [0, 0.1) is 17.9 Å². The number of para-hydroxylation sites is 2. The molecule has 1 aliphatic heterocycles. The van der Waals surface area contributed by atoms with Gasteiger partial charge in [0, 0.05) is 26.4 Å². The van der Waals surface area contributed by atoms with Gasteiger partial charge in [-0.25, -0.2) is 10.1 Å². The van der Waals surface area contributed by atoms with Crippen molar-refractivity contribution in [1.29, 1.82) is 5.26 Å². The SMILES string of the molecule is [C-]#[N+]/C(C#N)=C1/c2ccccc2-c2cc(-c3cc4c(s3)C(C)(C)c3ccccc3N4c3ccccc3)ccc21. The van der Waals surface area contributed by atoms with Crippen LogP contribution in [0.4, 0.5) is 17.1 Å². The average molecular weight is 518 g/mol. The first-order valence-corrected chi connectivity index (χ1v) is 13.7. The third kappa shape index (κ3) is 3.33. The molecule has 0 bridgehead atoms. The van der Waals surface area contributed by atoms with Crippen molar-refractivity contribution in [2.75, 3.05) is 4.90 Å². The molecular formula is C35H23N3S. The molecule has 7 rings (SSSR count). The van der Waals surface area contributed by atoms with Crippen LogP contribution in [-0.2, 0) is 5.41 Å². The fourth-order valence-electron chi connectivity index (χ4n) is 6.05. The number of benzene rings is 4. The summed E-state index contributed by atoms with van der Waals surface area (Å²) < 4.78 is 0. The molecule has 0 saturated heterocycles. The van der Waals surface area contributed by atoms with E-state index in [-0.39, 0.29) is 11.1 Å². The molecule has 0 saturated carbocycles. The zero-order chi connectivity index (χ0) is 26.7. The van der Waals surface area contributed by atoms with Gasteiger partial charge in [-0.05, 0) is 63.7 Å². The first-order valence-electron chi connectivity index (χ1n) is 12.9. The number of fused-ring (bicyclic) bond motifs is 5. The Kier molecular flexibility index (Phi) is 5.10. The third-order valence-electron chi connectivity index (χ3n) is 7.87. The van der Waals surface area contributed by atoms with E-state index in [2.05, 4.69) is 115 Å². The van der Waals surface area contributed by atoms with Gasteiger partial charge < -0.3 is 4.90 Å². The largest absolute Gasteiger partial charge is 0.309 e. The van der Waals surface area contributed by atoms with Gasteiger partial charge in [0.05, 0.1) is 24.0 Å². The van der Waals surface area contributed by atoms with Crippen LogP contribution in [0.15, 0.2) is 109 Å². The molecule has 0 fully saturated rings. The molecule has 1 aromatic heterocycles. The Morgan fingerprint density at radius 3 is 2.26 bits per heavy atom. The van der Waals surface area contributed by atoms with Crippen molar-refractivity contribution in [3.05, 3.63) is 142 Å². The fraction of sp³-hybridized carbons (Fsp3) is 0.0857. The van der Waals surface area contributed by atoms with E-state index in [1.807, 2.05) is 29.5 Å². The average Bonchev–Trinajstić information content (AvgIpc) is 3.56. The van der Waals surface area contributed by atoms with Crippen LogP contribution in [0.3, 0.4) is 0 Å². The molecule has 4 heteroatoms. The summed E-state index contributed by atoms with van der Waals surface area (Å²) in [6.45, 7) is 12.2. The van der Waals surface area contributed by atoms with Gasteiger partial charge in [0.2, 0.25) is 0 Å². The lowest BCUT2D eigenvalue weighted by Gasteiger charge is -2.39. The summed E-state index contributed by atoms with van der Waals surface area (Å²) in [5.41, 5.74) is 10.8. The minimum Gasteiger partial charge on any atom is -0.309 e. The van der Waals surface area contributed by atoms with E-state index in [9.17, 15) is 5.26 Å². The van der Waals surface area contributed by atoms with Crippen LogP contribution in [0.25, 0.3) is 32.0 Å². The van der Waals surface area contributed by atoms with Crippen molar-refractivity contribution in [1.82, 2.24) is 0 Å². The van der Waals surface area contributed by atoms with Gasteiger partial charge >= 0.3 is 0 Å². The Labute approximate surface area is 232 Å². The number of hydrogen-bond donors (Lipinski definition) is 0. The van der Waals surface area contributed by atoms with E-state index >= 15 is 0 Å². The quantitative estimate of drug-likeness (QED) is 0.169. The van der Waals surface area contributed by atoms with Crippen LogP contribution in [0.5, 0.6) is 0 Å². The van der Waals surface area contributed by atoms with Crippen molar-refractivity contribution in [3.8, 4) is 27.6 Å². The molecule has 0 spiro atoms. The first kappa shape index (κ1) is 23.2. The molecule has 39 heavy (non-hydrogen) atoms. The van der Waals surface area contributed by atoms with E-state index in [0.717, 1.165) is 39.1 Å². The Bertz CT molecular complexity index is 1900. The van der Waals surface area contributed by atoms with Crippen LogP contribution < -0.4 is 4.90 Å². The summed E-state index contributed by atoms with van der Waals surface area (Å²) in [7, 11) is 0. The number of hydrogen-bond acceptors (Lipinski definition) is 3. The highest BCUT2D eigenvalue weighted by atomic mass is 32.1. The number of anilines is 3. The fourth-order valence-corrected chi connectivity index (χ4v) is 7.31. The first-order chi connectivity index (χ1) is 19.0. The number of nitrogens with zero attached hydrogens (tertiary/aromatic N) is 3. The molecule has 3 nitrogen and oxygen atoms in total. The highest BCUT2D eigenvalue weighted by Gasteiger charge is 2.39. The minimum atomic E-state index is -0.142. The summed E-state index contributed by atoms with van der Waals surface area (Å²) in [5.74, 6) is 0. The van der Waals surface area contributed by atoms with Crippen LogP contribution in [0.2, 0.25) is 0 Å². The smallest absolute Gasteiger partial charge is 0.270 e. The van der Waals surface area contributed by atoms with E-state index in [1.54, 1.807) is 0 Å². The zero-order valence-corrected chi connectivity index (χ0v) is 22.4. The molecule has 2 aliphatic rings. The van der Waals surface area contributed by atoms with Gasteiger partial charge in [0.1, 0.15) is 0 Å². The molecule has 0 radical (unpaired) electrons. The lowest BCUT2D eigenvalue weighted by molar-refractivity contribution is 0.647. The summed E-state index contributed by atoms with van der Waals surface area (Å²) in [6.07, 6.45) is 0. The van der Waals surface area contributed by atoms with E-state index in [0.29, 0.717) is 0 Å². The summed E-state index contributed by atoms with van der Waals surface area (Å²) in [5, 5.41) is 9.68. The van der Waals surface area contributed by atoms with Crippen LogP contribution in [-0.4, -0.2) is 0 Å². The molecule has 0 N–H and O–H groups in total. The molecule has 0 atom stereocenters. The highest BCUT2D eigenvalue weighted by molar-refractivity contribution is 7.16. The predicted molar refractivity (Wildman–Crippen MR) is 160 cm³/mol. The summed E-state index contributed by atoms with van der Waals surface area (Å²) in [6, 6.07) is 38.2. The Balaban J connectivity index is 1.44. The second-order valence-electron chi connectivity index (χ2n) is 10.4. The normalized spacial score (nSPS) is 15.3. The van der Waals surface area contributed by atoms with Crippen molar-refractivity contribution in [3.63, 3.8) is 0 Å². The number of thiophene rings is 1. The molecule has 5 aromatic rings. The van der Waals surface area contributed by atoms with Gasteiger partial charge in [0.25, 0.3) is 5.70 Å². The van der Waals surface area contributed by atoms with E-state index < -0.39 is 0 Å². The molecule has 1 aliphatic carbocycles. The Morgan fingerprint density at radius 1 is 0.795 bits per heavy atom. The van der Waals surface area contributed by atoms with Crippen molar-refractivity contribution < 1.29 is 0 Å². The van der Waals surface area contributed by atoms with Crippen LogP contribution >= 0.6 is 11.3 Å². The van der Waals surface area contributed by atoms with E-state index in [4.69, 9.17) is 6.57 Å². The van der Waals surface area contributed by atoms with Gasteiger partial charge in [-0.2, -0.15) is 0 Å². The number of allylic oxidation sites excluding steroid dienone is 1. The number of nitriles is 1. The molecule has 184 valence electrons. The van der Waals surface area contributed by atoms with Crippen LogP contribution in [0.1, 0.15) is 35.4 Å². The second kappa shape index (κ2) is 8.57. The zero-order valence-electron chi connectivity index (χ0n) is 21.6. The third-order valence-corrected chi connectivity index (χ3v) is 9.37. The molecule has 0 unspecified atom stereocenters. The maximum Gasteiger partial charge on any atom is 0.270 e. The lowest BCUT2D eigenvalue weighted by atomic mass is 9.78. The maximum absolute atomic E-state index is 9.68. The lowest BCUT2D eigenvalue weighted by Crippen LogP contribution is -2.28. The molecule has 0 amide bonds. The Hall–Kier alpha value is -4.90. The Morgan fingerprint density at radius 2 is 1.49 bits per heavy atom. The molecular weight excluding hydrogens is 494 g/mol.